The molecular formula is C18H26BF2NO2. The lowest BCUT2D eigenvalue weighted by molar-refractivity contribution is -0.143. The van der Waals surface area contributed by atoms with Crippen molar-refractivity contribution >= 4 is 13.8 Å². The minimum Gasteiger partial charge on any atom is -0.481 e. The van der Waals surface area contributed by atoms with Crippen molar-refractivity contribution in [3.63, 3.8) is 0 Å². The van der Waals surface area contributed by atoms with Gasteiger partial charge in [-0.3, -0.25) is 9.69 Å². The molecule has 1 fully saturated rings. The molecule has 1 N–H and O–H groups in total. The second-order valence-corrected chi connectivity index (χ2v) is 7.13. The molecule has 132 valence electrons. The van der Waals surface area contributed by atoms with Crippen LogP contribution >= 0.6 is 0 Å². The number of hydrogen-bond acceptors (Lipinski definition) is 2. The highest BCUT2D eigenvalue weighted by atomic mass is 19.2. The number of carboxylic acid groups (broad SMARTS) is 1. The summed E-state index contributed by atoms with van der Waals surface area (Å²) in [6, 6.07) is 4.00. The molecule has 3 nitrogen and oxygen atoms in total. The predicted molar refractivity (Wildman–Crippen MR) is 92.8 cm³/mol. The van der Waals surface area contributed by atoms with E-state index in [1.54, 1.807) is 6.07 Å². The minimum atomic E-state index is -0.828. The van der Waals surface area contributed by atoms with Crippen molar-refractivity contribution in [1.29, 1.82) is 0 Å². The highest BCUT2D eigenvalue weighted by molar-refractivity contribution is 6.26. The molecule has 1 saturated heterocycles. The van der Waals surface area contributed by atoms with E-state index in [2.05, 4.69) is 11.8 Å². The van der Waals surface area contributed by atoms with Gasteiger partial charge in [-0.15, -0.1) is 0 Å². The Kier molecular flexibility index (Phi) is 6.38. The number of aliphatic carboxylic acids is 1. The van der Waals surface area contributed by atoms with Gasteiger partial charge in [0.2, 0.25) is 0 Å². The van der Waals surface area contributed by atoms with Gasteiger partial charge < -0.3 is 5.11 Å². The van der Waals surface area contributed by atoms with Crippen LogP contribution in [0.1, 0.15) is 44.6 Å². The van der Waals surface area contributed by atoms with E-state index in [1.165, 1.54) is 6.07 Å². The Morgan fingerprint density at radius 1 is 1.33 bits per heavy atom. The van der Waals surface area contributed by atoms with Gasteiger partial charge in [-0.2, -0.15) is 0 Å². The van der Waals surface area contributed by atoms with Gasteiger partial charge in [-0.05, 0) is 56.0 Å². The summed E-state index contributed by atoms with van der Waals surface area (Å²) in [5.74, 6) is -2.18. The summed E-state index contributed by atoms with van der Waals surface area (Å²) in [4.78, 5) is 14.0. The molecule has 1 aliphatic heterocycles. The molecule has 0 spiro atoms. The van der Waals surface area contributed by atoms with Gasteiger partial charge in [-0.1, -0.05) is 25.8 Å². The van der Waals surface area contributed by atoms with E-state index in [9.17, 15) is 18.7 Å². The molecule has 1 aromatic rings. The minimum absolute atomic E-state index is 0.169. The first-order chi connectivity index (χ1) is 11.4. The monoisotopic (exact) mass is 337 g/mol. The van der Waals surface area contributed by atoms with Crippen LogP contribution in [0.5, 0.6) is 0 Å². The van der Waals surface area contributed by atoms with Crippen LogP contribution in [0.4, 0.5) is 8.78 Å². The summed E-state index contributed by atoms with van der Waals surface area (Å²) < 4.78 is 26.3. The molecule has 0 aliphatic carbocycles. The molecule has 6 heteroatoms. The van der Waals surface area contributed by atoms with Crippen molar-refractivity contribution in [3.8, 4) is 0 Å². The van der Waals surface area contributed by atoms with Gasteiger partial charge in [-0.25, -0.2) is 8.78 Å². The van der Waals surface area contributed by atoms with E-state index in [0.717, 1.165) is 50.4 Å². The van der Waals surface area contributed by atoms with Gasteiger partial charge in [0.25, 0.3) is 0 Å². The lowest BCUT2D eigenvalue weighted by atomic mass is 9.56. The quantitative estimate of drug-likeness (QED) is 0.777. The van der Waals surface area contributed by atoms with Crippen molar-refractivity contribution < 1.29 is 18.7 Å². The van der Waals surface area contributed by atoms with Crippen LogP contribution in [0.15, 0.2) is 18.2 Å². The SMILES string of the molecule is BC(CCCC)(C(=O)O)C1CCN(Cc2ccc(F)c(F)c2)CC1. The third-order valence-electron chi connectivity index (χ3n) is 5.42. The van der Waals surface area contributed by atoms with Crippen LogP contribution in [0.2, 0.25) is 5.31 Å². The maximum absolute atomic E-state index is 13.3. The van der Waals surface area contributed by atoms with Crippen LogP contribution in [0, 0.1) is 17.6 Å². The van der Waals surface area contributed by atoms with Crippen LogP contribution in [-0.4, -0.2) is 36.9 Å². The van der Waals surface area contributed by atoms with Gasteiger partial charge in [0.1, 0.15) is 7.85 Å². The fraction of sp³-hybridized carbons (Fsp3) is 0.611. The van der Waals surface area contributed by atoms with Crippen LogP contribution in [0.25, 0.3) is 0 Å². The molecule has 0 saturated carbocycles. The zero-order valence-corrected chi connectivity index (χ0v) is 14.5. The van der Waals surface area contributed by atoms with E-state index in [-0.39, 0.29) is 5.92 Å². The van der Waals surface area contributed by atoms with E-state index >= 15 is 0 Å². The highest BCUT2D eigenvalue weighted by Gasteiger charge is 2.41. The second kappa shape index (κ2) is 8.10. The number of piperidine rings is 1. The molecule has 0 aromatic heterocycles. The Hall–Kier alpha value is -1.43. The zero-order chi connectivity index (χ0) is 17.7. The van der Waals surface area contributed by atoms with Crippen LogP contribution in [-0.2, 0) is 11.3 Å². The fourth-order valence-corrected chi connectivity index (χ4v) is 3.65. The van der Waals surface area contributed by atoms with E-state index < -0.39 is 22.9 Å². The van der Waals surface area contributed by atoms with Crippen molar-refractivity contribution in [1.82, 2.24) is 4.90 Å². The molecule has 1 aliphatic rings. The molecule has 0 amide bonds. The van der Waals surface area contributed by atoms with Crippen molar-refractivity contribution in [2.24, 2.45) is 5.92 Å². The largest absolute Gasteiger partial charge is 0.481 e. The molecule has 1 atom stereocenters. The first-order valence-electron chi connectivity index (χ1n) is 8.76. The third kappa shape index (κ3) is 4.35. The van der Waals surface area contributed by atoms with Crippen molar-refractivity contribution in [2.45, 2.75) is 50.9 Å². The maximum atomic E-state index is 13.3. The Bertz CT molecular complexity index is 576. The Balaban J connectivity index is 1.94. The lowest BCUT2D eigenvalue weighted by Gasteiger charge is -2.40. The summed E-state index contributed by atoms with van der Waals surface area (Å²) >= 11 is 0. The predicted octanol–water partition coefficient (Wildman–Crippen LogP) is 3.24. The zero-order valence-electron chi connectivity index (χ0n) is 14.5. The number of carbonyl (C=O) groups is 1. The van der Waals surface area contributed by atoms with Crippen molar-refractivity contribution in [2.75, 3.05) is 13.1 Å². The first-order valence-corrected chi connectivity index (χ1v) is 8.76. The van der Waals surface area contributed by atoms with E-state index in [0.29, 0.717) is 13.0 Å². The maximum Gasteiger partial charge on any atom is 0.301 e. The fourth-order valence-electron chi connectivity index (χ4n) is 3.65. The Morgan fingerprint density at radius 2 is 2.00 bits per heavy atom. The van der Waals surface area contributed by atoms with E-state index in [4.69, 9.17) is 0 Å². The topological polar surface area (TPSA) is 40.5 Å². The molecule has 24 heavy (non-hydrogen) atoms. The summed E-state index contributed by atoms with van der Waals surface area (Å²) in [6.07, 6.45) is 4.30. The average molecular weight is 337 g/mol. The van der Waals surface area contributed by atoms with E-state index in [1.807, 2.05) is 7.85 Å². The number of hydrogen-bond donors (Lipinski definition) is 1. The van der Waals surface area contributed by atoms with Gasteiger partial charge in [0, 0.05) is 11.9 Å². The number of carboxylic acids is 1. The second-order valence-electron chi connectivity index (χ2n) is 7.13. The summed E-state index contributed by atoms with van der Waals surface area (Å²) in [6.45, 7) is 4.23. The smallest absolute Gasteiger partial charge is 0.301 e. The third-order valence-corrected chi connectivity index (χ3v) is 5.42. The summed E-state index contributed by atoms with van der Waals surface area (Å²) in [7, 11) is 1.88. The number of nitrogens with zero attached hydrogens (tertiary/aromatic N) is 1. The number of benzene rings is 1. The first kappa shape index (κ1) is 18.9. The number of rotatable bonds is 7. The van der Waals surface area contributed by atoms with Gasteiger partial charge >= 0.3 is 5.97 Å². The molecular weight excluding hydrogens is 311 g/mol. The number of likely N-dealkylation sites (tertiary alicyclic amines) is 1. The van der Waals surface area contributed by atoms with Crippen LogP contribution < -0.4 is 0 Å². The molecule has 1 aromatic carbocycles. The van der Waals surface area contributed by atoms with Gasteiger partial charge in [0.15, 0.2) is 11.6 Å². The molecule has 0 radical (unpaired) electrons. The molecule has 1 unspecified atom stereocenters. The van der Waals surface area contributed by atoms with Crippen molar-refractivity contribution in [3.05, 3.63) is 35.4 Å². The Labute approximate surface area is 143 Å². The lowest BCUT2D eigenvalue weighted by Crippen LogP contribution is -2.41. The highest BCUT2D eigenvalue weighted by Crippen LogP contribution is 2.43. The summed E-state index contributed by atoms with van der Waals surface area (Å²) in [5.41, 5.74) is 0.749. The Morgan fingerprint density at radius 3 is 2.54 bits per heavy atom. The summed E-state index contributed by atoms with van der Waals surface area (Å²) in [5, 5.41) is 9.02. The normalized spacial score (nSPS) is 19.1. The standard InChI is InChI=1S/C18H26BF2NO2/c1-2-3-8-18(19,17(23)24)14-6-9-22(10-7-14)12-13-4-5-15(20)16(21)11-13/h4-5,11,14H,2-3,6-10,12,19H2,1H3,(H,23,24). The van der Waals surface area contributed by atoms with Gasteiger partial charge in [0.05, 0.1) is 0 Å². The number of unbranched alkanes of at least 4 members (excludes halogenated alkanes) is 1. The molecule has 0 bridgehead atoms. The molecule has 1 heterocycles. The average Bonchev–Trinajstić information content (AvgIpc) is 2.56. The molecule has 2 rings (SSSR count). The van der Waals surface area contributed by atoms with Crippen LogP contribution in [0.3, 0.4) is 0 Å². The number of halogens is 2.